The van der Waals surface area contributed by atoms with Crippen LogP contribution in [0.15, 0.2) is 29.6 Å². The highest BCUT2D eigenvalue weighted by Crippen LogP contribution is 2.29. The SMILES string of the molecule is CC1(CN)CCN(C(=O)Cc2csc(-c3ccc(Cl)cc3)n2)C1. The monoisotopic (exact) mass is 349 g/mol. The van der Waals surface area contributed by atoms with Gasteiger partial charge in [0.2, 0.25) is 5.91 Å². The summed E-state index contributed by atoms with van der Waals surface area (Å²) in [5.74, 6) is 0.134. The molecule has 1 aliphatic heterocycles. The lowest BCUT2D eigenvalue weighted by Crippen LogP contribution is -2.35. The van der Waals surface area contributed by atoms with Crippen LogP contribution < -0.4 is 5.73 Å². The molecule has 2 heterocycles. The average Bonchev–Trinajstić information content (AvgIpc) is 3.16. The summed E-state index contributed by atoms with van der Waals surface area (Å²) in [6.45, 7) is 4.30. The van der Waals surface area contributed by atoms with Gasteiger partial charge >= 0.3 is 0 Å². The van der Waals surface area contributed by atoms with Gasteiger partial charge in [-0.2, -0.15) is 0 Å². The molecule has 1 aliphatic rings. The second-order valence-corrected chi connectivity index (χ2v) is 7.70. The van der Waals surface area contributed by atoms with E-state index in [1.807, 2.05) is 34.5 Å². The number of nitrogens with two attached hydrogens (primary N) is 1. The summed E-state index contributed by atoms with van der Waals surface area (Å²) in [5, 5.41) is 3.58. The molecule has 1 unspecified atom stereocenters. The zero-order valence-corrected chi connectivity index (χ0v) is 14.7. The minimum Gasteiger partial charge on any atom is -0.342 e. The number of likely N-dealkylation sites (tertiary alicyclic amines) is 1. The van der Waals surface area contributed by atoms with Gasteiger partial charge in [0.05, 0.1) is 12.1 Å². The van der Waals surface area contributed by atoms with Crippen molar-refractivity contribution in [2.75, 3.05) is 19.6 Å². The maximum atomic E-state index is 12.4. The van der Waals surface area contributed by atoms with Crippen LogP contribution in [-0.2, 0) is 11.2 Å². The van der Waals surface area contributed by atoms with Crippen molar-refractivity contribution in [3.8, 4) is 10.6 Å². The first-order valence-corrected chi connectivity index (χ1v) is 8.93. The number of rotatable bonds is 4. The summed E-state index contributed by atoms with van der Waals surface area (Å²) in [5.41, 5.74) is 7.71. The van der Waals surface area contributed by atoms with Gasteiger partial charge in [-0.15, -0.1) is 11.3 Å². The van der Waals surface area contributed by atoms with Gasteiger partial charge in [0, 0.05) is 29.1 Å². The molecule has 23 heavy (non-hydrogen) atoms. The van der Waals surface area contributed by atoms with Gasteiger partial charge in [-0.05, 0) is 30.5 Å². The molecule has 1 aromatic carbocycles. The molecule has 1 atom stereocenters. The van der Waals surface area contributed by atoms with Crippen LogP contribution in [0.2, 0.25) is 5.02 Å². The average molecular weight is 350 g/mol. The van der Waals surface area contributed by atoms with Crippen LogP contribution in [0.5, 0.6) is 0 Å². The van der Waals surface area contributed by atoms with Crippen molar-refractivity contribution in [3.05, 3.63) is 40.4 Å². The Kier molecular flexibility index (Phi) is 4.71. The van der Waals surface area contributed by atoms with Gasteiger partial charge in [-0.3, -0.25) is 4.79 Å². The van der Waals surface area contributed by atoms with Crippen LogP contribution in [0.3, 0.4) is 0 Å². The van der Waals surface area contributed by atoms with E-state index in [4.69, 9.17) is 17.3 Å². The van der Waals surface area contributed by atoms with E-state index in [1.54, 1.807) is 11.3 Å². The van der Waals surface area contributed by atoms with E-state index in [9.17, 15) is 4.79 Å². The van der Waals surface area contributed by atoms with Gasteiger partial charge < -0.3 is 10.6 Å². The first-order valence-electron chi connectivity index (χ1n) is 7.67. The highest BCUT2D eigenvalue weighted by Gasteiger charge is 2.34. The van der Waals surface area contributed by atoms with Gasteiger partial charge in [-0.1, -0.05) is 30.7 Å². The van der Waals surface area contributed by atoms with E-state index in [2.05, 4.69) is 11.9 Å². The Hall–Kier alpha value is -1.43. The molecule has 122 valence electrons. The highest BCUT2D eigenvalue weighted by molar-refractivity contribution is 7.13. The molecular formula is C17H20ClN3OS. The lowest BCUT2D eigenvalue weighted by atomic mass is 9.90. The molecule has 6 heteroatoms. The van der Waals surface area contributed by atoms with E-state index >= 15 is 0 Å². The molecule has 0 radical (unpaired) electrons. The summed E-state index contributed by atoms with van der Waals surface area (Å²) in [6.07, 6.45) is 1.33. The lowest BCUT2D eigenvalue weighted by molar-refractivity contribution is -0.129. The standard InChI is InChI=1S/C17H20ClN3OS/c1-17(10-19)6-7-21(11-17)15(22)8-14-9-23-16(20-14)12-2-4-13(18)5-3-12/h2-5,9H,6-8,10-11,19H2,1H3. The number of carbonyl (C=O) groups is 1. The van der Waals surface area contributed by atoms with E-state index in [1.165, 1.54) is 0 Å². The number of hydrogen-bond acceptors (Lipinski definition) is 4. The van der Waals surface area contributed by atoms with Crippen LogP contribution in [0.25, 0.3) is 10.6 Å². The predicted molar refractivity (Wildman–Crippen MR) is 94.6 cm³/mol. The largest absolute Gasteiger partial charge is 0.342 e. The Labute approximate surface area is 145 Å². The Morgan fingerprint density at radius 3 is 2.83 bits per heavy atom. The Balaban J connectivity index is 1.65. The van der Waals surface area contributed by atoms with E-state index < -0.39 is 0 Å². The van der Waals surface area contributed by atoms with Crippen LogP contribution in [0.1, 0.15) is 19.0 Å². The number of amides is 1. The van der Waals surface area contributed by atoms with Crippen LogP contribution in [0.4, 0.5) is 0 Å². The van der Waals surface area contributed by atoms with E-state index in [-0.39, 0.29) is 11.3 Å². The molecule has 3 rings (SSSR count). The summed E-state index contributed by atoms with van der Waals surface area (Å²) in [7, 11) is 0. The third-order valence-electron chi connectivity index (χ3n) is 4.38. The molecule has 1 aromatic heterocycles. The van der Waals surface area contributed by atoms with Crippen molar-refractivity contribution < 1.29 is 4.79 Å². The maximum Gasteiger partial charge on any atom is 0.228 e. The van der Waals surface area contributed by atoms with Gasteiger partial charge in [0.15, 0.2) is 0 Å². The van der Waals surface area contributed by atoms with Crippen molar-refractivity contribution in [1.82, 2.24) is 9.88 Å². The van der Waals surface area contributed by atoms with Crippen molar-refractivity contribution in [1.29, 1.82) is 0 Å². The molecule has 0 aliphatic carbocycles. The molecule has 1 saturated heterocycles. The second-order valence-electron chi connectivity index (χ2n) is 6.41. The second kappa shape index (κ2) is 6.59. The molecule has 2 aromatic rings. The van der Waals surface area contributed by atoms with Gasteiger partial charge in [0.1, 0.15) is 5.01 Å². The quantitative estimate of drug-likeness (QED) is 0.922. The molecule has 4 nitrogen and oxygen atoms in total. The number of aromatic nitrogens is 1. The molecule has 0 spiro atoms. The molecule has 2 N–H and O–H groups in total. The smallest absolute Gasteiger partial charge is 0.228 e. The summed E-state index contributed by atoms with van der Waals surface area (Å²) in [6, 6.07) is 7.59. The molecule has 1 fully saturated rings. The zero-order chi connectivity index (χ0) is 16.4. The Morgan fingerprint density at radius 1 is 1.43 bits per heavy atom. The molecule has 0 saturated carbocycles. The highest BCUT2D eigenvalue weighted by atomic mass is 35.5. The van der Waals surface area contributed by atoms with Crippen molar-refractivity contribution >= 4 is 28.8 Å². The first-order chi connectivity index (χ1) is 11.0. The number of carbonyl (C=O) groups excluding carboxylic acids is 1. The van der Waals surface area contributed by atoms with Crippen molar-refractivity contribution in [3.63, 3.8) is 0 Å². The number of halogens is 1. The van der Waals surface area contributed by atoms with Gasteiger partial charge in [-0.25, -0.2) is 4.98 Å². The lowest BCUT2D eigenvalue weighted by Gasteiger charge is -2.22. The first kappa shape index (κ1) is 16.4. The van der Waals surface area contributed by atoms with Crippen LogP contribution in [0, 0.1) is 5.41 Å². The van der Waals surface area contributed by atoms with Crippen molar-refractivity contribution in [2.45, 2.75) is 19.8 Å². The molecular weight excluding hydrogens is 330 g/mol. The summed E-state index contributed by atoms with van der Waals surface area (Å²) < 4.78 is 0. The fraction of sp³-hybridized carbons (Fsp3) is 0.412. The van der Waals surface area contributed by atoms with E-state index in [0.29, 0.717) is 18.0 Å². The predicted octanol–water partition coefficient (Wildman–Crippen LogP) is 3.20. The number of nitrogens with zero attached hydrogens (tertiary/aromatic N) is 2. The normalized spacial score (nSPS) is 20.9. The van der Waals surface area contributed by atoms with E-state index in [0.717, 1.165) is 35.8 Å². The molecule has 0 bridgehead atoms. The Morgan fingerprint density at radius 2 is 2.17 bits per heavy atom. The summed E-state index contributed by atoms with van der Waals surface area (Å²) in [4.78, 5) is 18.9. The fourth-order valence-electron chi connectivity index (χ4n) is 2.78. The fourth-order valence-corrected chi connectivity index (χ4v) is 3.74. The third kappa shape index (κ3) is 3.74. The topological polar surface area (TPSA) is 59.2 Å². The summed E-state index contributed by atoms with van der Waals surface area (Å²) >= 11 is 7.46. The molecule has 1 amide bonds. The number of benzene rings is 1. The Bertz CT molecular complexity index is 700. The third-order valence-corrected chi connectivity index (χ3v) is 5.57. The van der Waals surface area contributed by atoms with Crippen LogP contribution >= 0.6 is 22.9 Å². The van der Waals surface area contributed by atoms with Gasteiger partial charge in [0.25, 0.3) is 0 Å². The minimum absolute atomic E-state index is 0.0617. The number of thiazole rings is 1. The number of hydrogen-bond donors (Lipinski definition) is 1. The van der Waals surface area contributed by atoms with Crippen LogP contribution in [-0.4, -0.2) is 35.4 Å². The minimum atomic E-state index is 0.0617. The zero-order valence-electron chi connectivity index (χ0n) is 13.1. The maximum absolute atomic E-state index is 12.4. The van der Waals surface area contributed by atoms with Crippen molar-refractivity contribution in [2.24, 2.45) is 11.1 Å².